The van der Waals surface area contributed by atoms with Crippen LogP contribution in [0.3, 0.4) is 0 Å². The molecule has 0 N–H and O–H groups in total. The van der Waals surface area contributed by atoms with Crippen LogP contribution in [-0.4, -0.2) is 35.9 Å². The molecule has 0 atom stereocenters. The van der Waals surface area contributed by atoms with Crippen molar-refractivity contribution < 1.29 is 4.74 Å². The third-order valence-corrected chi connectivity index (χ3v) is 5.06. The summed E-state index contributed by atoms with van der Waals surface area (Å²) in [6, 6.07) is 3.88. The Morgan fingerprint density at radius 2 is 2.29 bits per heavy atom. The van der Waals surface area contributed by atoms with Crippen LogP contribution in [0.4, 0.5) is 0 Å². The van der Waals surface area contributed by atoms with Gasteiger partial charge in [-0.15, -0.1) is 23.1 Å². The highest BCUT2D eigenvalue weighted by Gasteiger charge is 2.22. The van der Waals surface area contributed by atoms with Crippen molar-refractivity contribution >= 4 is 42.2 Å². The van der Waals surface area contributed by atoms with Crippen molar-refractivity contribution in [3.8, 4) is 16.5 Å². The predicted molar refractivity (Wildman–Crippen MR) is 103 cm³/mol. The number of thiazole rings is 1. The molecule has 2 aromatic rings. The first-order chi connectivity index (χ1) is 11.8. The zero-order chi connectivity index (χ0) is 16.8. The molecule has 3 rings (SSSR count). The van der Waals surface area contributed by atoms with E-state index in [0.717, 1.165) is 34.5 Å². The summed E-state index contributed by atoms with van der Waals surface area (Å²) in [5.74, 6) is 1.98. The molecule has 1 aliphatic rings. The molecule has 0 aliphatic heterocycles. The lowest BCUT2D eigenvalue weighted by atomic mass is 10.3. The Kier molecular flexibility index (Phi) is 5.77. The van der Waals surface area contributed by atoms with E-state index in [9.17, 15) is 0 Å². The number of ether oxygens (including phenoxy) is 1. The van der Waals surface area contributed by atoms with Crippen LogP contribution in [0.1, 0.15) is 18.5 Å². The van der Waals surface area contributed by atoms with E-state index in [1.807, 2.05) is 22.9 Å². The van der Waals surface area contributed by atoms with E-state index < -0.39 is 0 Å². The topological polar surface area (TPSA) is 59.7 Å². The molecule has 0 spiro atoms. The highest BCUT2D eigenvalue weighted by atomic mass is 32.2. The van der Waals surface area contributed by atoms with Gasteiger partial charge in [0.05, 0.1) is 18.2 Å². The van der Waals surface area contributed by atoms with Crippen LogP contribution < -0.4 is 4.74 Å². The maximum Gasteiger partial charge on any atom is 0.213 e. The SMILES string of the molecule is C=NCS/C=C(\N=C)c1csc(-c2ccc(OCC3CC3)nc2)n1. The van der Waals surface area contributed by atoms with Crippen molar-refractivity contribution in [2.75, 3.05) is 12.5 Å². The van der Waals surface area contributed by atoms with E-state index >= 15 is 0 Å². The molecular weight excluding hydrogens is 340 g/mol. The Morgan fingerprint density at radius 3 is 2.96 bits per heavy atom. The lowest BCUT2D eigenvalue weighted by Crippen LogP contribution is -2.00. The maximum absolute atomic E-state index is 5.66. The first-order valence-corrected chi connectivity index (χ1v) is 9.49. The Labute approximate surface area is 149 Å². The maximum atomic E-state index is 5.66. The van der Waals surface area contributed by atoms with Crippen LogP contribution in [-0.2, 0) is 0 Å². The summed E-state index contributed by atoms with van der Waals surface area (Å²) in [7, 11) is 0. The van der Waals surface area contributed by atoms with Gasteiger partial charge in [-0.1, -0.05) is 0 Å². The summed E-state index contributed by atoms with van der Waals surface area (Å²) in [6.45, 7) is 7.83. The van der Waals surface area contributed by atoms with Crippen LogP contribution in [0.5, 0.6) is 5.88 Å². The lowest BCUT2D eigenvalue weighted by molar-refractivity contribution is 0.288. The first-order valence-electron chi connectivity index (χ1n) is 7.56. The largest absolute Gasteiger partial charge is 0.477 e. The molecule has 2 aromatic heterocycles. The molecule has 1 fully saturated rings. The molecule has 0 amide bonds. The highest BCUT2D eigenvalue weighted by molar-refractivity contribution is 8.02. The van der Waals surface area contributed by atoms with E-state index in [-0.39, 0.29) is 0 Å². The number of hydrogen-bond donors (Lipinski definition) is 0. The Bertz CT molecular complexity index is 735. The summed E-state index contributed by atoms with van der Waals surface area (Å²) in [5.41, 5.74) is 2.51. The predicted octanol–water partition coefficient (Wildman–Crippen LogP) is 4.38. The van der Waals surface area contributed by atoms with Crippen molar-refractivity contribution in [3.63, 3.8) is 0 Å². The molecule has 0 radical (unpaired) electrons. The third kappa shape index (κ3) is 4.52. The van der Waals surface area contributed by atoms with E-state index in [2.05, 4.69) is 33.4 Å². The minimum atomic E-state index is 0.586. The zero-order valence-corrected chi connectivity index (χ0v) is 14.9. The lowest BCUT2D eigenvalue weighted by Gasteiger charge is -2.04. The van der Waals surface area contributed by atoms with E-state index in [1.165, 1.54) is 24.6 Å². The molecule has 0 unspecified atom stereocenters. The molecule has 5 nitrogen and oxygen atoms in total. The van der Waals surface area contributed by atoms with Crippen molar-refractivity contribution in [3.05, 3.63) is 34.8 Å². The number of aliphatic imine (C=N–C) groups is 2. The molecule has 1 saturated carbocycles. The van der Waals surface area contributed by atoms with Gasteiger partial charge < -0.3 is 4.74 Å². The fourth-order valence-corrected chi connectivity index (χ4v) is 3.29. The summed E-state index contributed by atoms with van der Waals surface area (Å²) in [5, 5.41) is 4.76. The molecule has 24 heavy (non-hydrogen) atoms. The Balaban J connectivity index is 1.68. The quantitative estimate of drug-likeness (QED) is 0.493. The van der Waals surface area contributed by atoms with Gasteiger partial charge in [0.25, 0.3) is 0 Å². The van der Waals surface area contributed by atoms with Gasteiger partial charge in [-0.05, 0) is 38.3 Å². The molecular formula is C17H18N4OS2. The molecule has 0 bridgehead atoms. The van der Waals surface area contributed by atoms with E-state index in [1.54, 1.807) is 17.5 Å². The molecule has 124 valence electrons. The first kappa shape index (κ1) is 16.9. The van der Waals surface area contributed by atoms with Gasteiger partial charge in [0.1, 0.15) is 10.7 Å². The van der Waals surface area contributed by atoms with Crippen LogP contribution >= 0.6 is 23.1 Å². The van der Waals surface area contributed by atoms with Crippen molar-refractivity contribution in [2.24, 2.45) is 15.9 Å². The average Bonchev–Trinajstić information content (AvgIpc) is 3.33. The van der Waals surface area contributed by atoms with Gasteiger partial charge in [-0.2, -0.15) is 0 Å². The number of pyridine rings is 1. The van der Waals surface area contributed by atoms with Gasteiger partial charge in [0.2, 0.25) is 5.88 Å². The monoisotopic (exact) mass is 358 g/mol. The minimum Gasteiger partial charge on any atom is -0.477 e. The summed E-state index contributed by atoms with van der Waals surface area (Å²) >= 11 is 3.07. The number of rotatable bonds is 9. The van der Waals surface area contributed by atoms with E-state index in [0.29, 0.717) is 11.8 Å². The van der Waals surface area contributed by atoms with Crippen LogP contribution in [0.25, 0.3) is 16.3 Å². The Hall–Kier alpha value is -1.99. The fraction of sp³-hybridized carbons (Fsp3) is 0.294. The molecule has 0 aromatic carbocycles. The van der Waals surface area contributed by atoms with Gasteiger partial charge in [-0.3, -0.25) is 9.98 Å². The fourth-order valence-electron chi connectivity index (χ4n) is 1.95. The second-order valence-electron chi connectivity index (χ2n) is 5.36. The number of aromatic nitrogens is 2. The van der Waals surface area contributed by atoms with Crippen molar-refractivity contribution in [2.45, 2.75) is 12.8 Å². The van der Waals surface area contributed by atoms with Gasteiger partial charge in [0, 0.05) is 28.6 Å². The number of hydrogen-bond acceptors (Lipinski definition) is 7. The highest BCUT2D eigenvalue weighted by Crippen LogP contribution is 2.30. The van der Waals surface area contributed by atoms with Crippen LogP contribution in [0, 0.1) is 5.92 Å². The molecule has 7 heteroatoms. The molecule has 1 aliphatic carbocycles. The smallest absolute Gasteiger partial charge is 0.213 e. The minimum absolute atomic E-state index is 0.586. The van der Waals surface area contributed by atoms with Gasteiger partial charge in [0.15, 0.2) is 0 Å². The van der Waals surface area contributed by atoms with Gasteiger partial charge in [-0.25, -0.2) is 9.97 Å². The van der Waals surface area contributed by atoms with E-state index in [4.69, 9.17) is 4.74 Å². The Morgan fingerprint density at radius 1 is 1.42 bits per heavy atom. The van der Waals surface area contributed by atoms with Crippen molar-refractivity contribution in [1.82, 2.24) is 9.97 Å². The normalized spacial score (nSPS) is 14.4. The number of nitrogens with zero attached hydrogens (tertiary/aromatic N) is 4. The third-order valence-electron chi connectivity index (χ3n) is 3.44. The summed E-state index contributed by atoms with van der Waals surface area (Å²) in [4.78, 5) is 16.8. The molecule has 2 heterocycles. The van der Waals surface area contributed by atoms with Crippen molar-refractivity contribution in [1.29, 1.82) is 0 Å². The van der Waals surface area contributed by atoms with Gasteiger partial charge >= 0.3 is 0 Å². The summed E-state index contributed by atoms with van der Waals surface area (Å²) < 4.78 is 5.66. The second-order valence-corrected chi connectivity index (χ2v) is 7.04. The molecule has 0 saturated heterocycles. The standard InChI is InChI=1S/C17H18N4OS2/c1-18-11-23-9-14(19-2)15-10-24-17(21-15)13-5-6-16(20-7-13)22-8-12-3-4-12/h5-7,9-10,12H,1-4,8,11H2/b14-9-. The average molecular weight is 358 g/mol. The number of thioether (sulfide) groups is 1. The van der Waals surface area contributed by atoms with Crippen LogP contribution in [0.15, 0.2) is 39.1 Å². The van der Waals surface area contributed by atoms with Crippen LogP contribution in [0.2, 0.25) is 0 Å². The zero-order valence-electron chi connectivity index (χ0n) is 13.2. The second kappa shape index (κ2) is 8.21. The summed E-state index contributed by atoms with van der Waals surface area (Å²) in [6.07, 6.45) is 4.34.